The highest BCUT2D eigenvalue weighted by Crippen LogP contribution is 2.33. The van der Waals surface area contributed by atoms with Gasteiger partial charge in [-0.25, -0.2) is 22.0 Å². The molecule has 0 saturated carbocycles. The van der Waals surface area contributed by atoms with Crippen LogP contribution in [-0.4, -0.2) is 15.8 Å². The van der Waals surface area contributed by atoms with Gasteiger partial charge in [0.2, 0.25) is 11.6 Å². The highest BCUT2D eigenvalue weighted by molar-refractivity contribution is 6.08. The quantitative estimate of drug-likeness (QED) is 0.144. The fraction of sp³-hybridized carbons (Fsp3) is 0.192. The molecule has 2 N–H and O–H groups in total. The second-order valence-electron chi connectivity index (χ2n) is 9.03. The van der Waals surface area contributed by atoms with E-state index in [1.807, 2.05) is 30.3 Å². The predicted octanol–water partition coefficient (Wildman–Crippen LogP) is 6.75. The lowest BCUT2D eigenvalue weighted by Crippen LogP contribution is -2.14. The number of carbonyl (C=O) groups excluding carboxylic acids is 1. The summed E-state index contributed by atoms with van der Waals surface area (Å²) in [5.41, 5.74) is 1.40. The summed E-state index contributed by atoms with van der Waals surface area (Å²) in [4.78, 5) is 18.7. The van der Waals surface area contributed by atoms with Crippen molar-refractivity contribution < 1.29 is 26.7 Å². The number of aromatic amines is 2. The maximum atomic E-state index is 14.2. The summed E-state index contributed by atoms with van der Waals surface area (Å²) in [6, 6.07) is 14.3. The molecule has 2 heterocycles. The summed E-state index contributed by atoms with van der Waals surface area (Å²) in [5, 5.41) is 0. The number of aromatic nitrogens is 2. The van der Waals surface area contributed by atoms with Crippen molar-refractivity contribution >= 4 is 5.78 Å². The highest BCUT2D eigenvalue weighted by Gasteiger charge is 2.31. The second-order valence-corrected chi connectivity index (χ2v) is 9.03. The number of hydrogen-bond acceptors (Lipinski definition) is 1. The van der Waals surface area contributed by atoms with Crippen LogP contribution in [0, 0.1) is 29.1 Å². The van der Waals surface area contributed by atoms with E-state index < -0.39 is 46.4 Å². The summed E-state index contributed by atoms with van der Waals surface area (Å²) in [7, 11) is 0. The zero-order valence-electron chi connectivity index (χ0n) is 18.6. The van der Waals surface area contributed by atoms with E-state index in [1.54, 1.807) is 18.3 Å². The first-order chi connectivity index (χ1) is 16.0. The monoisotopic (exact) mass is 472 g/mol. The maximum absolute atomic E-state index is 14.2. The van der Waals surface area contributed by atoms with Gasteiger partial charge >= 0.3 is 0 Å². The Kier molecular flexibility index (Phi) is 5.93. The topological polar surface area (TPSA) is 48.6 Å². The van der Waals surface area contributed by atoms with Crippen LogP contribution in [-0.2, 0) is 5.41 Å². The van der Waals surface area contributed by atoms with Crippen molar-refractivity contribution in [2.24, 2.45) is 0 Å². The minimum atomic E-state index is -2.32. The first-order valence-electron chi connectivity index (χ1n) is 10.5. The third-order valence-electron chi connectivity index (χ3n) is 5.74. The lowest BCUT2D eigenvalue weighted by atomic mass is 9.84. The van der Waals surface area contributed by atoms with Gasteiger partial charge in [-0.05, 0) is 40.8 Å². The molecule has 1 atom stereocenters. The molecule has 0 aliphatic rings. The zero-order valence-corrected chi connectivity index (χ0v) is 18.6. The van der Waals surface area contributed by atoms with Gasteiger partial charge in [-0.2, -0.15) is 0 Å². The number of carbonyl (C=O) groups is 1. The lowest BCUT2D eigenvalue weighted by Gasteiger charge is -2.21. The summed E-state index contributed by atoms with van der Waals surface area (Å²) in [6.07, 6.45) is 1.73. The van der Waals surface area contributed by atoms with Crippen LogP contribution in [0.2, 0.25) is 0 Å². The van der Waals surface area contributed by atoms with Crippen molar-refractivity contribution in [3.05, 3.63) is 118 Å². The smallest absolute Gasteiger partial charge is 0.215 e. The van der Waals surface area contributed by atoms with Gasteiger partial charge in [-0.15, -0.1) is 0 Å². The van der Waals surface area contributed by atoms with Gasteiger partial charge in [0.25, 0.3) is 0 Å². The Labute approximate surface area is 192 Å². The lowest BCUT2D eigenvalue weighted by molar-refractivity contribution is 0.102. The zero-order chi connectivity index (χ0) is 24.8. The summed E-state index contributed by atoms with van der Waals surface area (Å²) < 4.78 is 68.9. The molecule has 2 aromatic heterocycles. The van der Waals surface area contributed by atoms with Crippen LogP contribution in [0.25, 0.3) is 0 Å². The van der Waals surface area contributed by atoms with Crippen LogP contribution in [0.5, 0.6) is 0 Å². The van der Waals surface area contributed by atoms with E-state index in [2.05, 4.69) is 30.7 Å². The fourth-order valence-electron chi connectivity index (χ4n) is 3.88. The number of ketones is 1. The van der Waals surface area contributed by atoms with Gasteiger partial charge < -0.3 is 9.97 Å². The van der Waals surface area contributed by atoms with Crippen molar-refractivity contribution in [3.8, 4) is 0 Å². The van der Waals surface area contributed by atoms with Crippen LogP contribution in [0.1, 0.15) is 65.3 Å². The van der Waals surface area contributed by atoms with Crippen LogP contribution in [0.4, 0.5) is 22.0 Å². The molecule has 0 bridgehead atoms. The minimum Gasteiger partial charge on any atom is -0.364 e. The largest absolute Gasteiger partial charge is 0.364 e. The first kappa shape index (κ1) is 23.5. The van der Waals surface area contributed by atoms with Crippen molar-refractivity contribution in [3.63, 3.8) is 0 Å². The first-order valence-corrected chi connectivity index (χ1v) is 10.5. The molecule has 0 saturated heterocycles. The normalized spacial score (nSPS) is 12.7. The van der Waals surface area contributed by atoms with Gasteiger partial charge in [0.1, 0.15) is 5.56 Å². The number of rotatable bonds is 5. The van der Waals surface area contributed by atoms with Crippen LogP contribution >= 0.6 is 0 Å². The predicted molar refractivity (Wildman–Crippen MR) is 117 cm³/mol. The third kappa shape index (κ3) is 4.04. The van der Waals surface area contributed by atoms with Crippen molar-refractivity contribution in [2.45, 2.75) is 32.1 Å². The van der Waals surface area contributed by atoms with E-state index in [4.69, 9.17) is 0 Å². The molecule has 3 nitrogen and oxygen atoms in total. The standard InChI is InChI=1S/C26H21F5N2O/c1-26(2,3)14-8-6-13(7-9-14)18(15-5-4-12-32-15)16-10-11-17(33-16)25(34)19-20(27)22(29)24(31)23(30)21(19)28/h4-12,18,32-33H,1-3H3. The Morgan fingerprint density at radius 1 is 0.765 bits per heavy atom. The molecule has 8 heteroatoms. The van der Waals surface area contributed by atoms with E-state index in [-0.39, 0.29) is 11.1 Å². The molecule has 0 spiro atoms. The summed E-state index contributed by atoms with van der Waals surface area (Å²) in [5.74, 6) is -12.7. The Morgan fingerprint density at radius 2 is 1.35 bits per heavy atom. The van der Waals surface area contributed by atoms with Gasteiger partial charge in [-0.1, -0.05) is 45.0 Å². The number of halogens is 5. The fourth-order valence-corrected chi connectivity index (χ4v) is 3.88. The van der Waals surface area contributed by atoms with Gasteiger partial charge in [-0.3, -0.25) is 4.79 Å². The van der Waals surface area contributed by atoms with Crippen molar-refractivity contribution in [1.29, 1.82) is 0 Å². The van der Waals surface area contributed by atoms with E-state index in [1.165, 1.54) is 6.07 Å². The molecule has 0 fully saturated rings. The van der Waals surface area contributed by atoms with Crippen LogP contribution in [0.15, 0.2) is 54.7 Å². The van der Waals surface area contributed by atoms with E-state index in [0.29, 0.717) is 5.69 Å². The SMILES string of the molecule is CC(C)(C)c1ccc(C(c2ccc[nH]2)c2ccc(C(=O)c3c(F)c(F)c(F)c(F)c3F)[nH]2)cc1. The number of H-pyrrole nitrogens is 2. The second kappa shape index (κ2) is 8.59. The molecule has 34 heavy (non-hydrogen) atoms. The molecular formula is C26H21F5N2O. The molecule has 4 aromatic rings. The molecule has 0 aliphatic carbocycles. The van der Waals surface area contributed by atoms with Crippen LogP contribution < -0.4 is 0 Å². The highest BCUT2D eigenvalue weighted by atomic mass is 19.2. The third-order valence-corrected chi connectivity index (χ3v) is 5.74. The average molecular weight is 472 g/mol. The minimum absolute atomic E-state index is 0.0552. The van der Waals surface area contributed by atoms with E-state index >= 15 is 0 Å². The van der Waals surface area contributed by atoms with E-state index in [9.17, 15) is 26.7 Å². The molecule has 0 amide bonds. The van der Waals surface area contributed by atoms with Gasteiger partial charge in [0.05, 0.1) is 11.6 Å². The average Bonchev–Trinajstić information content (AvgIpc) is 3.50. The molecule has 0 radical (unpaired) electrons. The summed E-state index contributed by atoms with van der Waals surface area (Å²) >= 11 is 0. The molecule has 1 unspecified atom stereocenters. The van der Waals surface area contributed by atoms with Crippen LogP contribution in [0.3, 0.4) is 0 Å². The Bertz CT molecular complexity index is 1320. The maximum Gasteiger partial charge on any atom is 0.215 e. The number of hydrogen-bond donors (Lipinski definition) is 2. The van der Waals surface area contributed by atoms with E-state index in [0.717, 1.165) is 16.8 Å². The Balaban J connectivity index is 1.76. The van der Waals surface area contributed by atoms with Crippen molar-refractivity contribution in [1.82, 2.24) is 9.97 Å². The Morgan fingerprint density at radius 3 is 1.88 bits per heavy atom. The molecule has 0 aliphatic heterocycles. The number of nitrogens with one attached hydrogen (secondary N) is 2. The van der Waals surface area contributed by atoms with Gasteiger partial charge in [0.15, 0.2) is 23.3 Å². The van der Waals surface area contributed by atoms with Crippen molar-refractivity contribution in [2.75, 3.05) is 0 Å². The molecular weight excluding hydrogens is 451 g/mol. The number of benzene rings is 2. The molecule has 2 aromatic carbocycles. The summed E-state index contributed by atoms with van der Waals surface area (Å²) in [6.45, 7) is 6.27. The molecule has 4 rings (SSSR count). The van der Waals surface area contributed by atoms with Gasteiger partial charge in [0, 0.05) is 17.6 Å². The Hall–Kier alpha value is -3.68. The molecule has 176 valence electrons.